The predicted molar refractivity (Wildman–Crippen MR) is 115 cm³/mol. The zero-order valence-electron chi connectivity index (χ0n) is 15.8. The van der Waals surface area contributed by atoms with Crippen molar-refractivity contribution < 1.29 is 4.79 Å². The number of imidazole rings is 1. The molecule has 1 N–H and O–H groups in total. The summed E-state index contributed by atoms with van der Waals surface area (Å²) in [5, 5.41) is 3.93. The van der Waals surface area contributed by atoms with Gasteiger partial charge in [0.15, 0.2) is 5.16 Å². The molecule has 0 radical (unpaired) electrons. The lowest BCUT2D eigenvalue weighted by Gasteiger charge is -2.21. The van der Waals surface area contributed by atoms with Crippen LogP contribution in [0.1, 0.15) is 18.4 Å². The summed E-state index contributed by atoms with van der Waals surface area (Å²) < 4.78 is 2.07. The van der Waals surface area contributed by atoms with Crippen molar-refractivity contribution in [2.24, 2.45) is 0 Å². The molecule has 28 heavy (non-hydrogen) atoms. The first-order valence-corrected chi connectivity index (χ1v) is 10.6. The minimum Gasteiger partial charge on any atom is -0.370 e. The Bertz CT molecular complexity index is 919. The number of anilines is 2. The van der Waals surface area contributed by atoms with Gasteiger partial charge in [-0.2, -0.15) is 0 Å². The van der Waals surface area contributed by atoms with Crippen LogP contribution in [-0.4, -0.2) is 34.3 Å². The third-order valence-corrected chi connectivity index (χ3v) is 5.83. The molecule has 3 aromatic rings. The maximum absolute atomic E-state index is 12.6. The third kappa shape index (κ3) is 4.57. The summed E-state index contributed by atoms with van der Waals surface area (Å²) >= 11 is 1.46. The van der Waals surface area contributed by atoms with E-state index in [1.807, 2.05) is 42.6 Å². The first kappa shape index (κ1) is 18.6. The third-order valence-electron chi connectivity index (χ3n) is 4.83. The smallest absolute Gasteiger partial charge is 0.234 e. The van der Waals surface area contributed by atoms with Crippen molar-refractivity contribution in [1.82, 2.24) is 9.55 Å². The molecule has 4 rings (SSSR count). The van der Waals surface area contributed by atoms with Gasteiger partial charge in [0.2, 0.25) is 5.91 Å². The topological polar surface area (TPSA) is 50.2 Å². The van der Waals surface area contributed by atoms with Crippen LogP contribution < -0.4 is 10.2 Å². The van der Waals surface area contributed by atoms with Crippen molar-refractivity contribution in [2.75, 3.05) is 29.1 Å². The maximum Gasteiger partial charge on any atom is 0.234 e. The van der Waals surface area contributed by atoms with E-state index in [4.69, 9.17) is 0 Å². The van der Waals surface area contributed by atoms with Crippen molar-refractivity contribution in [1.29, 1.82) is 0 Å². The highest BCUT2D eigenvalue weighted by Gasteiger charge is 2.17. The standard InChI is InChI=1S/C22H24N4OS/c27-21(24-19-10-4-5-11-20(19)25-13-6-7-14-25)17-28-22-23-12-15-26(22)16-18-8-2-1-3-9-18/h1-5,8-12,15H,6-7,13-14,16-17H2,(H,24,27). The van der Waals surface area contributed by atoms with E-state index in [0.29, 0.717) is 5.75 Å². The van der Waals surface area contributed by atoms with Gasteiger partial charge in [0.1, 0.15) is 0 Å². The number of para-hydroxylation sites is 2. The average molecular weight is 393 g/mol. The van der Waals surface area contributed by atoms with Gasteiger partial charge in [-0.3, -0.25) is 4.79 Å². The van der Waals surface area contributed by atoms with E-state index in [-0.39, 0.29) is 5.91 Å². The highest BCUT2D eigenvalue weighted by Crippen LogP contribution is 2.29. The van der Waals surface area contributed by atoms with E-state index in [2.05, 4.69) is 38.0 Å². The Balaban J connectivity index is 1.37. The number of hydrogen-bond donors (Lipinski definition) is 1. The molecule has 5 nitrogen and oxygen atoms in total. The molecule has 0 bridgehead atoms. The molecule has 1 saturated heterocycles. The van der Waals surface area contributed by atoms with Crippen LogP contribution in [0.2, 0.25) is 0 Å². The van der Waals surface area contributed by atoms with Crippen molar-refractivity contribution in [2.45, 2.75) is 24.5 Å². The highest BCUT2D eigenvalue weighted by molar-refractivity contribution is 7.99. The minimum absolute atomic E-state index is 0.00842. The molecule has 1 amide bonds. The quantitative estimate of drug-likeness (QED) is 0.611. The number of amides is 1. The number of carbonyl (C=O) groups is 1. The Morgan fingerprint density at radius 2 is 1.79 bits per heavy atom. The first-order chi connectivity index (χ1) is 13.8. The Labute approximate surface area is 169 Å². The Morgan fingerprint density at radius 1 is 1.04 bits per heavy atom. The van der Waals surface area contributed by atoms with Gasteiger partial charge in [0, 0.05) is 32.0 Å². The van der Waals surface area contributed by atoms with Gasteiger partial charge in [-0.25, -0.2) is 4.98 Å². The van der Waals surface area contributed by atoms with Crippen molar-refractivity contribution in [3.05, 3.63) is 72.6 Å². The summed E-state index contributed by atoms with van der Waals surface area (Å²) in [6.07, 6.45) is 6.16. The first-order valence-electron chi connectivity index (χ1n) is 9.61. The second kappa shape index (κ2) is 8.97. The average Bonchev–Trinajstić information content (AvgIpc) is 3.40. The molecule has 0 atom stereocenters. The highest BCUT2D eigenvalue weighted by atomic mass is 32.2. The summed E-state index contributed by atoms with van der Waals surface area (Å²) in [6, 6.07) is 18.3. The molecule has 1 fully saturated rings. The zero-order valence-corrected chi connectivity index (χ0v) is 16.6. The number of nitrogens with one attached hydrogen (secondary N) is 1. The van der Waals surface area contributed by atoms with Crippen LogP contribution in [-0.2, 0) is 11.3 Å². The van der Waals surface area contributed by atoms with Crippen molar-refractivity contribution in [3.63, 3.8) is 0 Å². The second-order valence-corrected chi connectivity index (χ2v) is 7.81. The van der Waals surface area contributed by atoms with E-state index >= 15 is 0 Å². The summed E-state index contributed by atoms with van der Waals surface area (Å²) in [5.74, 6) is 0.325. The fraction of sp³-hybridized carbons (Fsp3) is 0.273. The molecule has 0 unspecified atom stereocenters. The minimum atomic E-state index is -0.00842. The van der Waals surface area contributed by atoms with Gasteiger partial charge in [0.05, 0.1) is 17.1 Å². The second-order valence-electron chi connectivity index (χ2n) is 6.87. The fourth-order valence-electron chi connectivity index (χ4n) is 3.47. The zero-order chi connectivity index (χ0) is 19.2. The maximum atomic E-state index is 12.6. The molecular weight excluding hydrogens is 368 g/mol. The molecule has 6 heteroatoms. The van der Waals surface area contributed by atoms with Crippen LogP contribution in [0.5, 0.6) is 0 Å². The SMILES string of the molecule is O=C(CSc1nccn1Cc1ccccc1)Nc1ccccc1N1CCCC1. The number of aromatic nitrogens is 2. The fourth-order valence-corrected chi connectivity index (χ4v) is 4.22. The summed E-state index contributed by atoms with van der Waals surface area (Å²) in [6.45, 7) is 2.86. The van der Waals surface area contributed by atoms with Gasteiger partial charge < -0.3 is 14.8 Å². The normalized spacial score (nSPS) is 13.6. The van der Waals surface area contributed by atoms with E-state index in [1.165, 1.54) is 30.2 Å². The predicted octanol–water partition coefficient (Wildman–Crippen LogP) is 4.26. The molecule has 2 aromatic carbocycles. The number of carbonyl (C=O) groups excluding carboxylic acids is 1. The van der Waals surface area contributed by atoms with E-state index in [0.717, 1.165) is 36.2 Å². The van der Waals surface area contributed by atoms with Crippen LogP contribution >= 0.6 is 11.8 Å². The number of hydrogen-bond acceptors (Lipinski definition) is 4. The number of benzene rings is 2. The van der Waals surface area contributed by atoms with Gasteiger partial charge in [-0.05, 0) is 30.5 Å². The molecule has 0 spiro atoms. The lowest BCUT2D eigenvalue weighted by Crippen LogP contribution is -2.21. The van der Waals surface area contributed by atoms with Crippen LogP contribution in [0.3, 0.4) is 0 Å². The van der Waals surface area contributed by atoms with Crippen LogP contribution in [0.15, 0.2) is 72.1 Å². The number of thioether (sulfide) groups is 1. The van der Waals surface area contributed by atoms with Gasteiger partial charge in [-0.15, -0.1) is 0 Å². The summed E-state index contributed by atoms with van der Waals surface area (Å²) in [7, 11) is 0. The Hall–Kier alpha value is -2.73. The van der Waals surface area contributed by atoms with Crippen molar-refractivity contribution in [3.8, 4) is 0 Å². The summed E-state index contributed by atoms with van der Waals surface area (Å²) in [4.78, 5) is 19.3. The van der Waals surface area contributed by atoms with E-state index in [1.54, 1.807) is 6.20 Å². The number of nitrogens with zero attached hydrogens (tertiary/aromatic N) is 3. The Kier molecular flexibility index (Phi) is 5.97. The van der Waals surface area contributed by atoms with E-state index < -0.39 is 0 Å². The molecular formula is C22H24N4OS. The number of rotatable bonds is 7. The van der Waals surface area contributed by atoms with Crippen LogP contribution in [0.4, 0.5) is 11.4 Å². The van der Waals surface area contributed by atoms with Gasteiger partial charge in [-0.1, -0.05) is 54.2 Å². The monoisotopic (exact) mass is 392 g/mol. The molecule has 1 aromatic heterocycles. The molecule has 2 heterocycles. The largest absolute Gasteiger partial charge is 0.370 e. The molecule has 144 valence electrons. The van der Waals surface area contributed by atoms with Gasteiger partial charge >= 0.3 is 0 Å². The molecule has 1 aliphatic heterocycles. The molecule has 1 aliphatic rings. The molecule has 0 saturated carbocycles. The Morgan fingerprint density at radius 3 is 2.61 bits per heavy atom. The summed E-state index contributed by atoms with van der Waals surface area (Å²) in [5.41, 5.74) is 3.22. The lowest BCUT2D eigenvalue weighted by molar-refractivity contribution is -0.113. The lowest BCUT2D eigenvalue weighted by atomic mass is 10.2. The molecule has 0 aliphatic carbocycles. The van der Waals surface area contributed by atoms with Crippen LogP contribution in [0, 0.1) is 0 Å². The van der Waals surface area contributed by atoms with Crippen molar-refractivity contribution >= 4 is 29.0 Å². The van der Waals surface area contributed by atoms with E-state index in [9.17, 15) is 4.79 Å². The van der Waals surface area contributed by atoms with Gasteiger partial charge in [0.25, 0.3) is 0 Å². The van der Waals surface area contributed by atoms with Crippen LogP contribution in [0.25, 0.3) is 0 Å².